The van der Waals surface area contributed by atoms with Crippen molar-refractivity contribution in [2.24, 2.45) is 49.7 Å². The molecule has 0 heterocycles. The molecule has 420 valence electrons. The van der Waals surface area contributed by atoms with Crippen molar-refractivity contribution in [3.05, 3.63) is 71.5 Å². The van der Waals surface area contributed by atoms with Gasteiger partial charge in [-0.3, -0.25) is 0 Å². The third-order valence-corrected chi connectivity index (χ3v) is 9.49. The van der Waals surface area contributed by atoms with Crippen molar-refractivity contribution < 1.29 is 13.9 Å². The molecular weight excluding hydrogens is 844 g/mol. The Morgan fingerprint density at radius 1 is 0.522 bits per heavy atom. The Bertz CT molecular complexity index is 1290. The van der Waals surface area contributed by atoms with Crippen LogP contribution < -0.4 is 0 Å². The molecule has 3 rings (SSSR count). The van der Waals surface area contributed by atoms with Crippen LogP contribution in [-0.2, 0) is 21.3 Å². The molecule has 0 amide bonds. The van der Waals surface area contributed by atoms with Crippen LogP contribution in [0.2, 0.25) is 0 Å². The van der Waals surface area contributed by atoms with Crippen LogP contribution in [0.15, 0.2) is 54.6 Å². The maximum Gasteiger partial charge on any atom is 0.123 e. The molecule has 1 aliphatic rings. The molecule has 2 aromatic rings. The monoisotopic (exact) mass is 981 g/mol. The van der Waals surface area contributed by atoms with Gasteiger partial charge in [-0.2, -0.15) is 0 Å². The van der Waals surface area contributed by atoms with Crippen LogP contribution in [0.25, 0.3) is 0 Å². The number of rotatable bonds is 6. The van der Waals surface area contributed by atoms with E-state index in [1.54, 1.807) is 7.11 Å². The smallest absolute Gasteiger partial charge is 0.123 e. The molecular formula is C66H137FO2. The minimum absolute atomic E-state index is 0. The summed E-state index contributed by atoms with van der Waals surface area (Å²) in [6.07, 6.45) is 9.36. The zero-order valence-corrected chi connectivity index (χ0v) is 50.1. The van der Waals surface area contributed by atoms with Crippen molar-refractivity contribution in [3.63, 3.8) is 0 Å². The number of hydrogen-bond acceptors (Lipinski definition) is 2. The highest BCUT2D eigenvalue weighted by Crippen LogP contribution is 2.44. The molecule has 1 aliphatic carbocycles. The first-order valence-corrected chi connectivity index (χ1v) is 25.7. The highest BCUT2D eigenvalue weighted by atomic mass is 19.1. The van der Waals surface area contributed by atoms with Crippen molar-refractivity contribution in [1.29, 1.82) is 0 Å². The standard InChI is InChI=1S/C11H16.C10H13F.C8H18.C7H16O.C7H14.C7H16.C6H14O.C6H14.4CH4/c1-11(2,3)9-10-7-5-4-6-8-10;1-10(2,3)8-4-6-9(11)7-5-8;1-7(2)6-8(3,4)5;1-5-8-6-7(2,3)4;1-7(2,3)6-4-5-6;1-5-6-7(2,3)4;1-6(2,3)5-7-4;1-5-6(2,3)4;;;;/h4-8H,9H2,1-3H3;4-7H,1-3H3;7H,6H2,1-5H3;5-6H2,1-4H3;6H,4-5H2,1-3H3;5-6H2,1-4H3;5H2,1-4H3;5H2,1-4H3;4*1H4. The summed E-state index contributed by atoms with van der Waals surface area (Å²) in [4.78, 5) is 0. The van der Waals surface area contributed by atoms with E-state index in [-0.39, 0.29) is 40.9 Å². The minimum Gasteiger partial charge on any atom is -0.384 e. The van der Waals surface area contributed by atoms with Gasteiger partial charge in [-0.15, -0.1) is 0 Å². The lowest BCUT2D eigenvalue weighted by atomic mass is 9.86. The van der Waals surface area contributed by atoms with Crippen LogP contribution in [0.1, 0.15) is 280 Å². The van der Waals surface area contributed by atoms with Gasteiger partial charge in [-0.25, -0.2) is 4.39 Å². The van der Waals surface area contributed by atoms with Crippen molar-refractivity contribution in [2.45, 2.75) is 281 Å². The van der Waals surface area contributed by atoms with Gasteiger partial charge < -0.3 is 9.47 Å². The third-order valence-electron chi connectivity index (χ3n) is 9.49. The fourth-order valence-electron chi connectivity index (χ4n) is 5.92. The first kappa shape index (κ1) is 87.0. The second-order valence-electron chi connectivity index (χ2n) is 28.2. The molecule has 0 radical (unpaired) electrons. The quantitative estimate of drug-likeness (QED) is 0.287. The van der Waals surface area contributed by atoms with E-state index in [2.05, 4.69) is 224 Å². The summed E-state index contributed by atoms with van der Waals surface area (Å²) < 4.78 is 22.6. The van der Waals surface area contributed by atoms with E-state index in [0.717, 1.165) is 38.1 Å². The molecule has 0 atom stereocenters. The summed E-state index contributed by atoms with van der Waals surface area (Å²) in [5.74, 6) is 1.72. The Kier molecular flexibility index (Phi) is 52.6. The fourth-order valence-corrected chi connectivity index (χ4v) is 5.92. The summed E-state index contributed by atoms with van der Waals surface area (Å²) in [7, 11) is 1.73. The zero-order valence-electron chi connectivity index (χ0n) is 50.1. The van der Waals surface area contributed by atoms with Gasteiger partial charge in [0.25, 0.3) is 0 Å². The summed E-state index contributed by atoms with van der Waals surface area (Å²) in [5, 5.41) is 0. The lowest BCUT2D eigenvalue weighted by molar-refractivity contribution is 0.0805. The van der Waals surface area contributed by atoms with Gasteiger partial charge in [0, 0.05) is 13.7 Å². The molecule has 0 N–H and O–H groups in total. The van der Waals surface area contributed by atoms with E-state index in [1.165, 1.54) is 61.8 Å². The average molecular weight is 982 g/mol. The first-order chi connectivity index (χ1) is 28.8. The Labute approximate surface area is 441 Å². The maximum atomic E-state index is 12.5. The van der Waals surface area contributed by atoms with E-state index in [0.29, 0.717) is 37.9 Å². The summed E-state index contributed by atoms with van der Waals surface area (Å²) in [6, 6.07) is 17.3. The zero-order chi connectivity index (χ0) is 52.7. The number of halogens is 1. The molecule has 0 unspecified atom stereocenters. The van der Waals surface area contributed by atoms with Crippen molar-refractivity contribution >= 4 is 0 Å². The highest BCUT2D eigenvalue weighted by Gasteiger charge is 2.33. The Morgan fingerprint density at radius 2 is 0.913 bits per heavy atom. The molecule has 1 saturated carbocycles. The SMILES string of the molecule is C.C.C.C.CC(C)(C)C1CC1.CC(C)(C)Cc1ccccc1.CC(C)(C)c1ccc(F)cc1.CC(C)CC(C)(C)C.CCC(C)(C)C.CCCC(C)(C)C.CCOCC(C)(C)C.COCC(C)(C)C. The summed E-state index contributed by atoms with van der Waals surface area (Å²) in [6.45, 7) is 67.0. The first-order valence-electron chi connectivity index (χ1n) is 25.7. The average Bonchev–Trinajstić information content (AvgIpc) is 3.93. The molecule has 2 nitrogen and oxygen atoms in total. The third kappa shape index (κ3) is 83.5. The van der Waals surface area contributed by atoms with Crippen LogP contribution in [0.5, 0.6) is 0 Å². The molecule has 2 aromatic carbocycles. The molecule has 0 saturated heterocycles. The molecule has 0 aliphatic heterocycles. The van der Waals surface area contributed by atoms with Gasteiger partial charge in [0.2, 0.25) is 0 Å². The fraction of sp³-hybridized carbons (Fsp3) is 0.818. The molecule has 69 heavy (non-hydrogen) atoms. The number of hydrogen-bond donors (Lipinski definition) is 0. The van der Waals surface area contributed by atoms with Gasteiger partial charge >= 0.3 is 0 Å². The van der Waals surface area contributed by atoms with Crippen molar-refractivity contribution in [2.75, 3.05) is 26.9 Å². The largest absolute Gasteiger partial charge is 0.384 e. The Hall–Kier alpha value is -1.71. The van der Waals surface area contributed by atoms with E-state index in [9.17, 15) is 4.39 Å². The molecule has 1 fully saturated rings. The molecule has 0 spiro atoms. The summed E-state index contributed by atoms with van der Waals surface area (Å²) in [5.41, 5.74) is 6.00. The van der Waals surface area contributed by atoms with E-state index in [1.807, 2.05) is 19.1 Å². The second kappa shape index (κ2) is 41.7. The molecule has 0 bridgehead atoms. The lowest BCUT2D eigenvalue weighted by Gasteiger charge is -2.19. The normalized spacial score (nSPS) is 12.3. The van der Waals surface area contributed by atoms with E-state index in [4.69, 9.17) is 9.47 Å². The maximum absolute atomic E-state index is 12.5. The Balaban J connectivity index is -0.0000000853. The highest BCUT2D eigenvalue weighted by molar-refractivity contribution is 5.23. The van der Waals surface area contributed by atoms with Gasteiger partial charge in [-0.1, -0.05) is 279 Å². The van der Waals surface area contributed by atoms with Gasteiger partial charge in [0.1, 0.15) is 5.82 Å². The van der Waals surface area contributed by atoms with Crippen LogP contribution in [0.3, 0.4) is 0 Å². The van der Waals surface area contributed by atoms with Gasteiger partial charge in [-0.05, 0) is 117 Å². The van der Waals surface area contributed by atoms with Crippen LogP contribution in [-0.4, -0.2) is 26.9 Å². The van der Waals surface area contributed by atoms with Crippen molar-refractivity contribution in [3.8, 4) is 0 Å². The predicted molar refractivity (Wildman–Crippen MR) is 324 cm³/mol. The molecule has 3 heteroatoms. The second-order valence-corrected chi connectivity index (χ2v) is 28.2. The van der Waals surface area contributed by atoms with Gasteiger partial charge in [0.05, 0.1) is 13.2 Å². The van der Waals surface area contributed by atoms with Crippen molar-refractivity contribution in [1.82, 2.24) is 0 Å². The number of ether oxygens (including phenoxy) is 2. The minimum atomic E-state index is -0.169. The lowest BCUT2D eigenvalue weighted by Crippen LogP contribution is -2.14. The Morgan fingerprint density at radius 3 is 1.06 bits per heavy atom. The topological polar surface area (TPSA) is 18.5 Å². The number of benzene rings is 2. The van der Waals surface area contributed by atoms with Gasteiger partial charge in [0.15, 0.2) is 0 Å². The molecule has 0 aromatic heterocycles. The van der Waals surface area contributed by atoms with Crippen LogP contribution >= 0.6 is 0 Å². The predicted octanol–water partition coefficient (Wildman–Crippen LogP) is 23.5. The number of methoxy groups -OCH3 is 1. The van der Waals surface area contributed by atoms with E-state index >= 15 is 0 Å². The van der Waals surface area contributed by atoms with Crippen LogP contribution in [0, 0.1) is 55.6 Å². The van der Waals surface area contributed by atoms with E-state index < -0.39 is 0 Å². The summed E-state index contributed by atoms with van der Waals surface area (Å²) >= 11 is 0. The van der Waals surface area contributed by atoms with Crippen LogP contribution in [0.4, 0.5) is 4.39 Å².